The van der Waals surface area contributed by atoms with Crippen molar-refractivity contribution in [2.24, 2.45) is 0 Å². The van der Waals surface area contributed by atoms with Gasteiger partial charge in [0.25, 0.3) is 0 Å². The molecule has 0 aliphatic carbocycles. The van der Waals surface area contributed by atoms with E-state index in [4.69, 9.17) is 4.74 Å². The Kier molecular flexibility index (Phi) is 11.2. The first-order valence-corrected chi connectivity index (χ1v) is 14.1. The zero-order valence-electron chi connectivity index (χ0n) is 23.7. The van der Waals surface area contributed by atoms with Crippen LogP contribution in [0.5, 0.6) is 0 Å². The van der Waals surface area contributed by atoms with Crippen LogP contribution in [-0.4, -0.2) is 49.0 Å². The molecule has 212 valence electrons. The number of hydrogen-bond donors (Lipinski definition) is 1. The van der Waals surface area contributed by atoms with Crippen molar-refractivity contribution in [2.45, 2.75) is 31.4 Å². The molecule has 41 heavy (non-hydrogen) atoms. The van der Waals surface area contributed by atoms with Gasteiger partial charge in [-0.2, -0.15) is 0 Å². The van der Waals surface area contributed by atoms with Gasteiger partial charge in [-0.25, -0.2) is 15.2 Å². The third-order valence-electron chi connectivity index (χ3n) is 7.35. The summed E-state index contributed by atoms with van der Waals surface area (Å²) < 4.78 is 5.55. The molecule has 0 aliphatic rings. The largest absolute Gasteiger partial charge is 0.444 e. The van der Waals surface area contributed by atoms with Gasteiger partial charge in [-0.3, -0.25) is 0 Å². The van der Waals surface area contributed by atoms with Gasteiger partial charge in [0.2, 0.25) is 0 Å². The summed E-state index contributed by atoms with van der Waals surface area (Å²) >= 11 is 0. The van der Waals surface area contributed by atoms with Crippen LogP contribution in [0.25, 0.3) is 0 Å². The lowest BCUT2D eigenvalue weighted by molar-refractivity contribution is -0.109. The Balaban J connectivity index is 1.53. The molecule has 0 atom stereocenters. The van der Waals surface area contributed by atoms with Crippen molar-refractivity contribution < 1.29 is 14.3 Å². The van der Waals surface area contributed by atoms with Crippen LogP contribution < -0.4 is 5.43 Å². The summed E-state index contributed by atoms with van der Waals surface area (Å²) in [4.78, 5) is 26.9. The van der Waals surface area contributed by atoms with Gasteiger partial charge in [-0.05, 0) is 48.7 Å². The van der Waals surface area contributed by atoms with E-state index in [0.717, 1.165) is 42.6 Å². The molecule has 1 amide bonds. The van der Waals surface area contributed by atoms with Crippen LogP contribution in [0.2, 0.25) is 0 Å². The third-order valence-corrected chi connectivity index (χ3v) is 7.35. The summed E-state index contributed by atoms with van der Waals surface area (Å²) in [5.74, 6) is 0. The minimum absolute atomic E-state index is 0.118. The van der Waals surface area contributed by atoms with Crippen LogP contribution in [0.15, 0.2) is 121 Å². The first-order chi connectivity index (χ1) is 20.1. The van der Waals surface area contributed by atoms with Crippen molar-refractivity contribution in [1.29, 1.82) is 0 Å². The molecule has 0 radical (unpaired) electrons. The molecule has 0 fully saturated rings. The first-order valence-electron chi connectivity index (χ1n) is 14.1. The van der Waals surface area contributed by atoms with Gasteiger partial charge in [0, 0.05) is 18.5 Å². The van der Waals surface area contributed by atoms with E-state index in [1.54, 1.807) is 0 Å². The van der Waals surface area contributed by atoms with Crippen LogP contribution in [0, 0.1) is 0 Å². The maximum atomic E-state index is 13.0. The average Bonchev–Trinajstić information content (AvgIpc) is 3.02. The van der Waals surface area contributed by atoms with Crippen LogP contribution >= 0.6 is 0 Å². The quantitative estimate of drug-likeness (QED) is 0.141. The van der Waals surface area contributed by atoms with Gasteiger partial charge < -0.3 is 14.4 Å². The maximum Gasteiger partial charge on any atom is 0.424 e. The van der Waals surface area contributed by atoms with Crippen molar-refractivity contribution in [3.05, 3.63) is 144 Å². The van der Waals surface area contributed by atoms with E-state index in [1.807, 2.05) is 72.8 Å². The maximum absolute atomic E-state index is 13.0. The monoisotopic (exact) mass is 549 g/mol. The SMILES string of the molecule is CN(CCCC(CNN(CC=O)C(=O)OCc1ccccc1)(c1ccccc1)c1ccccc1)Cc1ccccc1. The average molecular weight is 550 g/mol. The number of nitrogens with zero attached hydrogens (tertiary/aromatic N) is 2. The number of hydrazine groups is 1. The first kappa shape index (κ1) is 29.7. The number of aldehydes is 1. The van der Waals surface area contributed by atoms with Crippen LogP contribution in [-0.2, 0) is 28.1 Å². The lowest BCUT2D eigenvalue weighted by Gasteiger charge is -2.37. The molecule has 0 aliphatic heterocycles. The number of hydrogen-bond acceptors (Lipinski definition) is 5. The van der Waals surface area contributed by atoms with Gasteiger partial charge >= 0.3 is 6.09 Å². The lowest BCUT2D eigenvalue weighted by atomic mass is 9.71. The zero-order valence-corrected chi connectivity index (χ0v) is 23.7. The van der Waals surface area contributed by atoms with E-state index >= 15 is 0 Å². The summed E-state index contributed by atoms with van der Waals surface area (Å²) in [5.41, 5.74) is 7.30. The normalized spacial score (nSPS) is 11.3. The molecule has 6 heteroatoms. The Labute approximate surface area is 243 Å². The zero-order chi connectivity index (χ0) is 28.8. The predicted octanol–water partition coefficient (Wildman–Crippen LogP) is 6.23. The number of benzene rings is 4. The highest BCUT2D eigenvalue weighted by Crippen LogP contribution is 2.36. The van der Waals surface area contributed by atoms with Crippen molar-refractivity contribution in [2.75, 3.05) is 26.7 Å². The number of rotatable bonds is 15. The highest BCUT2D eigenvalue weighted by molar-refractivity contribution is 5.70. The minimum Gasteiger partial charge on any atom is -0.444 e. The fraction of sp³-hybridized carbons (Fsp3) is 0.257. The van der Waals surface area contributed by atoms with Gasteiger partial charge in [0.1, 0.15) is 12.9 Å². The summed E-state index contributed by atoms with van der Waals surface area (Å²) in [6.45, 7) is 2.22. The molecule has 4 aromatic carbocycles. The lowest BCUT2D eigenvalue weighted by Crippen LogP contribution is -2.50. The fourth-order valence-electron chi connectivity index (χ4n) is 5.19. The molecule has 1 N–H and O–H groups in total. The summed E-state index contributed by atoms with van der Waals surface area (Å²) in [6.07, 6.45) is 1.89. The molecule has 0 spiro atoms. The van der Waals surface area contributed by atoms with Crippen molar-refractivity contribution >= 4 is 12.4 Å². The Morgan fingerprint density at radius 1 is 0.780 bits per heavy atom. The number of carbonyl (C=O) groups is 2. The van der Waals surface area contributed by atoms with Gasteiger partial charge in [0.15, 0.2) is 0 Å². The fourth-order valence-corrected chi connectivity index (χ4v) is 5.19. The van der Waals surface area contributed by atoms with E-state index in [2.05, 4.69) is 65.9 Å². The van der Waals surface area contributed by atoms with E-state index in [0.29, 0.717) is 12.8 Å². The number of ether oxygens (including phenoxy) is 1. The van der Waals surface area contributed by atoms with E-state index in [1.165, 1.54) is 10.6 Å². The molecule has 0 heterocycles. The Bertz CT molecular complexity index is 1280. The van der Waals surface area contributed by atoms with Crippen molar-refractivity contribution in [3.63, 3.8) is 0 Å². The molecule has 0 saturated heterocycles. The van der Waals surface area contributed by atoms with E-state index in [9.17, 15) is 9.59 Å². The molecule has 0 saturated carbocycles. The van der Waals surface area contributed by atoms with E-state index in [-0.39, 0.29) is 13.2 Å². The highest BCUT2D eigenvalue weighted by atomic mass is 16.6. The van der Waals surface area contributed by atoms with Crippen LogP contribution in [0.3, 0.4) is 0 Å². The molecular weight excluding hydrogens is 510 g/mol. The smallest absolute Gasteiger partial charge is 0.424 e. The Morgan fingerprint density at radius 3 is 1.83 bits per heavy atom. The number of amides is 1. The Morgan fingerprint density at radius 2 is 1.29 bits per heavy atom. The van der Waals surface area contributed by atoms with Gasteiger partial charge in [-0.1, -0.05) is 121 Å². The molecule has 0 unspecified atom stereocenters. The van der Waals surface area contributed by atoms with Crippen LogP contribution in [0.1, 0.15) is 35.1 Å². The molecule has 4 aromatic rings. The topological polar surface area (TPSA) is 61.9 Å². The second kappa shape index (κ2) is 15.5. The van der Waals surface area contributed by atoms with E-state index < -0.39 is 11.5 Å². The second-order valence-electron chi connectivity index (χ2n) is 10.3. The Hall–Kier alpha value is -4.26. The van der Waals surface area contributed by atoms with Crippen molar-refractivity contribution in [1.82, 2.24) is 15.3 Å². The third kappa shape index (κ3) is 8.61. The second-order valence-corrected chi connectivity index (χ2v) is 10.3. The minimum atomic E-state index is -0.585. The molecular formula is C35H39N3O3. The molecule has 0 bridgehead atoms. The molecule has 0 aromatic heterocycles. The highest BCUT2D eigenvalue weighted by Gasteiger charge is 2.35. The summed E-state index contributed by atoms with van der Waals surface area (Å²) in [6, 6.07) is 40.8. The summed E-state index contributed by atoms with van der Waals surface area (Å²) in [5, 5.41) is 1.28. The van der Waals surface area contributed by atoms with Crippen molar-refractivity contribution in [3.8, 4) is 0 Å². The predicted molar refractivity (Wildman–Crippen MR) is 163 cm³/mol. The molecule has 4 rings (SSSR count). The standard InChI is InChI=1S/C35H39N3O3/c1-37(27-30-15-6-2-7-16-30)24-14-23-35(32-19-10-4-11-20-32,33-21-12-5-13-22-33)29-36-38(25-26-39)34(40)41-28-31-17-8-3-9-18-31/h2-13,15-22,26,36H,14,23-25,27-29H2,1H3. The number of carbonyl (C=O) groups excluding carboxylic acids is 2. The van der Waals surface area contributed by atoms with Gasteiger partial charge in [-0.15, -0.1) is 0 Å². The van der Waals surface area contributed by atoms with Crippen LogP contribution in [0.4, 0.5) is 4.79 Å². The number of nitrogens with one attached hydrogen (secondary N) is 1. The summed E-state index contributed by atoms with van der Waals surface area (Å²) in [7, 11) is 2.15. The molecule has 6 nitrogen and oxygen atoms in total. The van der Waals surface area contributed by atoms with Gasteiger partial charge in [0.05, 0.1) is 6.54 Å².